The Morgan fingerprint density at radius 1 is 1.25 bits per heavy atom. The minimum atomic E-state index is -0.684. The highest BCUT2D eigenvalue weighted by atomic mass is 16.3. The van der Waals surface area contributed by atoms with Crippen molar-refractivity contribution in [3.63, 3.8) is 0 Å². The highest BCUT2D eigenvalue weighted by Crippen LogP contribution is 2.27. The fraction of sp³-hybridized carbons (Fsp3) is 0.250. The van der Waals surface area contributed by atoms with Gasteiger partial charge in [0.15, 0.2) is 11.5 Å². The average molecular weight is 170 g/mol. The molecule has 1 rings (SSSR count). The predicted octanol–water partition coefficient (Wildman–Crippen LogP) is -0.627. The molecule has 0 bridgehead atoms. The van der Waals surface area contributed by atoms with E-state index in [9.17, 15) is 5.11 Å². The van der Waals surface area contributed by atoms with Crippen LogP contribution in [0.25, 0.3) is 0 Å². The summed E-state index contributed by atoms with van der Waals surface area (Å²) in [5, 5.41) is 27.3. The molecule has 0 saturated heterocycles. The molecule has 0 aliphatic heterocycles. The van der Waals surface area contributed by atoms with Gasteiger partial charge in [-0.25, -0.2) is 0 Å². The molecule has 66 valence electrons. The van der Waals surface area contributed by atoms with Gasteiger partial charge >= 0.3 is 0 Å². The van der Waals surface area contributed by atoms with E-state index in [0.717, 1.165) is 0 Å². The van der Waals surface area contributed by atoms with Crippen LogP contribution in [0.4, 0.5) is 0 Å². The molecule has 0 aliphatic rings. The second-order valence-electron chi connectivity index (χ2n) is 2.55. The van der Waals surface area contributed by atoms with Gasteiger partial charge in [0.1, 0.15) is 12.6 Å². The van der Waals surface area contributed by atoms with Crippen LogP contribution in [0.1, 0.15) is 11.7 Å². The van der Waals surface area contributed by atoms with Crippen molar-refractivity contribution in [2.45, 2.75) is 6.10 Å². The molecule has 4 heteroatoms. The van der Waals surface area contributed by atoms with Crippen molar-refractivity contribution in [1.29, 1.82) is 0 Å². The number of benzene rings is 1. The second kappa shape index (κ2) is 3.42. The zero-order valence-corrected chi connectivity index (χ0v) is 6.57. The van der Waals surface area contributed by atoms with Crippen molar-refractivity contribution in [2.75, 3.05) is 6.54 Å². The Labute approximate surface area is 69.9 Å². The molecule has 12 heavy (non-hydrogen) atoms. The summed E-state index contributed by atoms with van der Waals surface area (Å²) >= 11 is 0. The van der Waals surface area contributed by atoms with E-state index in [1.807, 2.05) is 0 Å². The summed E-state index contributed by atoms with van der Waals surface area (Å²) in [5.41, 5.74) is 4.08. The Kier molecular flexibility index (Phi) is 2.52. The van der Waals surface area contributed by atoms with Gasteiger partial charge in [-0.05, 0) is 17.7 Å². The predicted molar refractivity (Wildman–Crippen MR) is 42.5 cm³/mol. The largest absolute Gasteiger partial charge is 0.504 e. The summed E-state index contributed by atoms with van der Waals surface area (Å²) in [6.45, 7) is 0.338. The lowest BCUT2D eigenvalue weighted by Gasteiger charge is -2.06. The number of rotatable bonds is 2. The summed E-state index contributed by atoms with van der Waals surface area (Å²) in [7, 11) is 0. The van der Waals surface area contributed by atoms with Crippen LogP contribution >= 0.6 is 0 Å². The van der Waals surface area contributed by atoms with Gasteiger partial charge in [-0.15, -0.1) is 0 Å². The topological polar surface area (TPSA) is 88.3 Å². The van der Waals surface area contributed by atoms with Crippen LogP contribution in [0, 0.1) is 0 Å². The van der Waals surface area contributed by atoms with E-state index in [2.05, 4.69) is 5.73 Å². The molecule has 0 heterocycles. The maximum absolute atomic E-state index is 9.29. The summed E-state index contributed by atoms with van der Waals surface area (Å²) < 4.78 is 0. The van der Waals surface area contributed by atoms with E-state index in [-0.39, 0.29) is 11.5 Å². The molecule has 1 aromatic carbocycles. The third-order valence-corrected chi connectivity index (χ3v) is 1.66. The summed E-state index contributed by atoms with van der Waals surface area (Å²) in [6.07, 6.45) is -0.684. The van der Waals surface area contributed by atoms with Crippen LogP contribution in [-0.2, 0) is 0 Å². The second-order valence-corrected chi connectivity index (χ2v) is 2.55. The monoisotopic (exact) mass is 170 g/mol. The molecule has 0 amide bonds. The number of quaternary nitrogens is 1. The molecule has 0 saturated carbocycles. The van der Waals surface area contributed by atoms with Gasteiger partial charge < -0.3 is 21.1 Å². The van der Waals surface area contributed by atoms with Crippen molar-refractivity contribution >= 4 is 0 Å². The fourth-order valence-corrected chi connectivity index (χ4v) is 0.914. The minimum absolute atomic E-state index is 0.185. The Bertz CT molecular complexity index is 275. The molecule has 1 atom stereocenters. The highest BCUT2D eigenvalue weighted by molar-refractivity contribution is 5.41. The first-order valence-corrected chi connectivity index (χ1v) is 3.64. The van der Waals surface area contributed by atoms with Crippen molar-refractivity contribution in [2.24, 2.45) is 0 Å². The van der Waals surface area contributed by atoms with Gasteiger partial charge in [0.2, 0.25) is 0 Å². The van der Waals surface area contributed by atoms with Crippen molar-refractivity contribution in [3.05, 3.63) is 23.8 Å². The maximum atomic E-state index is 9.29. The van der Waals surface area contributed by atoms with Crippen molar-refractivity contribution < 1.29 is 21.1 Å². The van der Waals surface area contributed by atoms with Gasteiger partial charge in [0.25, 0.3) is 0 Å². The lowest BCUT2D eigenvalue weighted by molar-refractivity contribution is -0.385. The first kappa shape index (κ1) is 8.83. The first-order chi connectivity index (χ1) is 5.65. The standard InChI is InChI=1S/C8H11NO3/c9-4-8(12)5-1-2-6(10)7(11)3-5/h1-3,8,10-12H,4,9H2/p+1/t8-/m1/s1. The highest BCUT2D eigenvalue weighted by Gasteiger charge is 2.08. The Balaban J connectivity index is 2.96. The molecular formula is C8H12NO3+. The van der Waals surface area contributed by atoms with E-state index < -0.39 is 6.10 Å². The van der Waals surface area contributed by atoms with E-state index in [1.54, 1.807) is 6.07 Å². The summed E-state index contributed by atoms with van der Waals surface area (Å²) in [4.78, 5) is 0. The summed E-state index contributed by atoms with van der Waals surface area (Å²) in [5.74, 6) is -0.407. The zero-order valence-electron chi connectivity index (χ0n) is 6.57. The average Bonchev–Trinajstić information content (AvgIpc) is 2.08. The van der Waals surface area contributed by atoms with Crippen LogP contribution < -0.4 is 5.73 Å². The molecule has 0 fully saturated rings. The zero-order chi connectivity index (χ0) is 9.14. The third kappa shape index (κ3) is 1.66. The van der Waals surface area contributed by atoms with Gasteiger partial charge in [0.05, 0.1) is 0 Å². The minimum Gasteiger partial charge on any atom is -0.504 e. The first-order valence-electron chi connectivity index (χ1n) is 3.64. The number of phenolic OH excluding ortho intramolecular Hbond substituents is 2. The van der Waals surface area contributed by atoms with Gasteiger partial charge in [-0.2, -0.15) is 0 Å². The van der Waals surface area contributed by atoms with Gasteiger partial charge in [0, 0.05) is 0 Å². The van der Waals surface area contributed by atoms with Crippen molar-refractivity contribution in [1.82, 2.24) is 0 Å². The number of aliphatic hydroxyl groups is 1. The van der Waals surface area contributed by atoms with Crippen molar-refractivity contribution in [3.8, 4) is 11.5 Å². The smallest absolute Gasteiger partial charge is 0.157 e. The molecule has 6 N–H and O–H groups in total. The molecule has 1 aromatic rings. The van der Waals surface area contributed by atoms with Gasteiger partial charge in [-0.1, -0.05) is 6.07 Å². The van der Waals surface area contributed by atoms with E-state index in [4.69, 9.17) is 10.2 Å². The molecule has 0 spiro atoms. The number of phenols is 2. The molecule has 0 aromatic heterocycles. The molecule has 0 aliphatic carbocycles. The molecule has 4 nitrogen and oxygen atoms in total. The van der Waals surface area contributed by atoms with Crippen LogP contribution in [-0.4, -0.2) is 21.9 Å². The quantitative estimate of drug-likeness (QED) is 0.446. The third-order valence-electron chi connectivity index (χ3n) is 1.66. The number of aliphatic hydroxyl groups excluding tert-OH is 1. The van der Waals surface area contributed by atoms with E-state index in [0.29, 0.717) is 12.1 Å². The maximum Gasteiger partial charge on any atom is 0.157 e. The SMILES string of the molecule is [NH3+]C[C@@H](O)c1ccc(O)c(O)c1. The van der Waals surface area contributed by atoms with Crippen LogP contribution in [0.2, 0.25) is 0 Å². The van der Waals surface area contributed by atoms with E-state index >= 15 is 0 Å². The Morgan fingerprint density at radius 2 is 1.92 bits per heavy atom. The normalized spacial score (nSPS) is 12.8. The molecule has 0 unspecified atom stereocenters. The fourth-order valence-electron chi connectivity index (χ4n) is 0.914. The molecular weight excluding hydrogens is 158 g/mol. The number of hydrogen-bond acceptors (Lipinski definition) is 3. The van der Waals surface area contributed by atoms with Crippen LogP contribution in [0.15, 0.2) is 18.2 Å². The Hall–Kier alpha value is -1.26. The van der Waals surface area contributed by atoms with Gasteiger partial charge in [-0.3, -0.25) is 0 Å². The number of aromatic hydroxyl groups is 2. The van der Waals surface area contributed by atoms with Crippen LogP contribution in [0.5, 0.6) is 11.5 Å². The molecule has 0 radical (unpaired) electrons. The van der Waals surface area contributed by atoms with E-state index in [1.165, 1.54) is 12.1 Å². The Morgan fingerprint density at radius 3 is 2.42 bits per heavy atom. The summed E-state index contributed by atoms with van der Waals surface area (Å²) in [6, 6.07) is 4.21. The number of hydrogen-bond donors (Lipinski definition) is 4. The van der Waals surface area contributed by atoms with Crippen LogP contribution in [0.3, 0.4) is 0 Å². The lowest BCUT2D eigenvalue weighted by atomic mass is 10.1. The lowest BCUT2D eigenvalue weighted by Crippen LogP contribution is -2.52.